The van der Waals surface area contributed by atoms with E-state index in [-0.39, 0.29) is 23.6 Å². The Morgan fingerprint density at radius 3 is 2.89 bits per heavy atom. The number of nitrogens with one attached hydrogen (secondary N) is 1. The van der Waals surface area contributed by atoms with Crippen molar-refractivity contribution in [3.05, 3.63) is 59.1 Å². The third kappa shape index (κ3) is 2.60. The number of para-hydroxylation sites is 2. The summed E-state index contributed by atoms with van der Waals surface area (Å²) in [5.41, 5.74) is 7.80. The number of nitrogen functional groups attached to an aromatic ring is 1. The van der Waals surface area contributed by atoms with Gasteiger partial charge in [0, 0.05) is 12.4 Å². The molecule has 0 fully saturated rings. The van der Waals surface area contributed by atoms with Crippen LogP contribution in [-0.4, -0.2) is 30.8 Å². The molecule has 0 unspecified atom stereocenters. The van der Waals surface area contributed by atoms with Crippen LogP contribution in [0.4, 0.5) is 11.8 Å². The summed E-state index contributed by atoms with van der Waals surface area (Å²) < 4.78 is 5.74. The standard InChI is InChI=1S/C18H12ClN7O2/c19-15-14-9(7-12-21-5-6-22-12)17(27)26(16(14)25-18(20)24-15)8-13-23-10-3-1-2-4-11(10)28-13/h1-7H,8H2,(H,21,22)(H2,20,24,25). The first-order valence-electron chi connectivity index (χ1n) is 8.31. The first-order valence-corrected chi connectivity index (χ1v) is 8.69. The van der Waals surface area contributed by atoms with Gasteiger partial charge in [-0.15, -0.1) is 0 Å². The molecule has 1 aliphatic rings. The number of hydrogen-bond donors (Lipinski definition) is 2. The van der Waals surface area contributed by atoms with Gasteiger partial charge in [0.05, 0.1) is 11.1 Å². The van der Waals surface area contributed by atoms with Crippen LogP contribution in [0.3, 0.4) is 0 Å². The van der Waals surface area contributed by atoms with Crippen molar-refractivity contribution < 1.29 is 9.21 Å². The van der Waals surface area contributed by atoms with E-state index >= 15 is 0 Å². The summed E-state index contributed by atoms with van der Waals surface area (Å²) in [7, 11) is 0. The molecule has 3 aromatic heterocycles. The summed E-state index contributed by atoms with van der Waals surface area (Å²) in [6.45, 7) is 0.0722. The molecular formula is C18H12ClN7O2. The average molecular weight is 394 g/mol. The van der Waals surface area contributed by atoms with Crippen LogP contribution in [0, 0.1) is 0 Å². The van der Waals surface area contributed by atoms with Gasteiger partial charge in [0.15, 0.2) is 11.4 Å². The molecule has 10 heteroatoms. The molecule has 0 saturated heterocycles. The minimum absolute atomic E-state index is 0.0293. The zero-order valence-electron chi connectivity index (χ0n) is 14.3. The number of carbonyl (C=O) groups excluding carboxylic acids is 1. The second kappa shape index (κ2) is 6.17. The maximum absolute atomic E-state index is 13.2. The van der Waals surface area contributed by atoms with Gasteiger partial charge in [-0.1, -0.05) is 23.7 Å². The van der Waals surface area contributed by atoms with Crippen molar-refractivity contribution in [3.63, 3.8) is 0 Å². The zero-order chi connectivity index (χ0) is 19.3. The number of hydrogen-bond acceptors (Lipinski definition) is 7. The number of fused-ring (bicyclic) bond motifs is 2. The fourth-order valence-electron chi connectivity index (χ4n) is 3.11. The average Bonchev–Trinajstić information content (AvgIpc) is 3.37. The molecule has 4 heterocycles. The number of halogens is 1. The molecule has 9 nitrogen and oxygen atoms in total. The first-order chi connectivity index (χ1) is 13.6. The van der Waals surface area contributed by atoms with E-state index in [1.54, 1.807) is 18.5 Å². The Balaban J connectivity index is 1.61. The Bertz CT molecular complexity index is 1210. The number of carbonyl (C=O) groups is 1. The fourth-order valence-corrected chi connectivity index (χ4v) is 3.38. The third-order valence-corrected chi connectivity index (χ3v) is 4.57. The molecule has 5 rings (SSSR count). The quantitative estimate of drug-likeness (QED) is 0.404. The molecule has 1 aliphatic heterocycles. The molecule has 138 valence electrons. The molecule has 3 N–H and O–H groups in total. The highest BCUT2D eigenvalue weighted by Gasteiger charge is 2.37. The van der Waals surface area contributed by atoms with E-state index < -0.39 is 0 Å². The van der Waals surface area contributed by atoms with Crippen molar-refractivity contribution in [3.8, 4) is 0 Å². The van der Waals surface area contributed by atoms with Crippen LogP contribution in [0.1, 0.15) is 17.3 Å². The number of anilines is 2. The number of nitrogens with zero attached hydrogens (tertiary/aromatic N) is 5. The van der Waals surface area contributed by atoms with Crippen molar-refractivity contribution in [1.29, 1.82) is 0 Å². The number of benzene rings is 1. The third-order valence-electron chi connectivity index (χ3n) is 4.30. The second-order valence-electron chi connectivity index (χ2n) is 6.07. The lowest BCUT2D eigenvalue weighted by molar-refractivity contribution is -0.113. The Morgan fingerprint density at radius 1 is 1.25 bits per heavy atom. The molecule has 28 heavy (non-hydrogen) atoms. The lowest BCUT2D eigenvalue weighted by Crippen LogP contribution is -2.26. The highest BCUT2D eigenvalue weighted by Crippen LogP contribution is 2.41. The first kappa shape index (κ1) is 16.5. The highest BCUT2D eigenvalue weighted by molar-refractivity contribution is 6.41. The van der Waals surface area contributed by atoms with Gasteiger partial charge >= 0.3 is 0 Å². The zero-order valence-corrected chi connectivity index (χ0v) is 15.0. The van der Waals surface area contributed by atoms with Crippen LogP contribution >= 0.6 is 11.6 Å². The maximum atomic E-state index is 13.2. The molecule has 0 aliphatic carbocycles. The Kier molecular flexibility index (Phi) is 3.63. The van der Waals surface area contributed by atoms with Gasteiger partial charge in [0.1, 0.15) is 23.0 Å². The predicted octanol–water partition coefficient (Wildman–Crippen LogP) is 2.66. The predicted molar refractivity (Wildman–Crippen MR) is 103 cm³/mol. The summed E-state index contributed by atoms with van der Waals surface area (Å²) in [5, 5.41) is 0.0914. The van der Waals surface area contributed by atoms with Gasteiger partial charge in [-0.2, -0.15) is 4.98 Å². The van der Waals surface area contributed by atoms with Crippen molar-refractivity contribution in [2.24, 2.45) is 0 Å². The Labute approximate surface area is 162 Å². The molecule has 0 spiro atoms. The molecular weight excluding hydrogens is 382 g/mol. The summed E-state index contributed by atoms with van der Waals surface area (Å²) in [6.07, 6.45) is 4.84. The van der Waals surface area contributed by atoms with Crippen molar-refractivity contribution in [2.45, 2.75) is 6.54 Å². The minimum Gasteiger partial charge on any atom is -0.439 e. The minimum atomic E-state index is -0.324. The lowest BCUT2D eigenvalue weighted by Gasteiger charge is -2.13. The largest absolute Gasteiger partial charge is 0.439 e. The van der Waals surface area contributed by atoms with Crippen molar-refractivity contribution in [1.82, 2.24) is 24.9 Å². The van der Waals surface area contributed by atoms with Gasteiger partial charge < -0.3 is 15.1 Å². The van der Waals surface area contributed by atoms with Gasteiger partial charge in [-0.05, 0) is 18.2 Å². The molecule has 1 amide bonds. The topological polar surface area (TPSA) is 127 Å². The van der Waals surface area contributed by atoms with Crippen LogP contribution in [-0.2, 0) is 11.3 Å². The number of nitrogens with two attached hydrogens (primary N) is 1. The number of imidazole rings is 1. The molecule has 1 aromatic carbocycles. The number of amides is 1. The SMILES string of the molecule is Nc1nc(Cl)c2c(n1)N(Cc1nc3ccccc3o1)C(=O)C2=Cc1ncc[nH]1. The molecule has 0 radical (unpaired) electrons. The second-order valence-corrected chi connectivity index (χ2v) is 6.43. The maximum Gasteiger partial charge on any atom is 0.260 e. The van der Waals surface area contributed by atoms with Crippen LogP contribution < -0.4 is 10.6 Å². The summed E-state index contributed by atoms with van der Waals surface area (Å²) in [5.74, 6) is 0.829. The molecule has 0 atom stereocenters. The molecule has 0 saturated carbocycles. The van der Waals surface area contributed by atoms with E-state index in [1.807, 2.05) is 24.3 Å². The van der Waals surface area contributed by atoms with Crippen molar-refractivity contribution >= 4 is 52.0 Å². The van der Waals surface area contributed by atoms with Gasteiger partial charge in [-0.3, -0.25) is 9.69 Å². The summed E-state index contributed by atoms with van der Waals surface area (Å²) in [6, 6.07) is 7.36. The normalized spacial score (nSPS) is 15.0. The lowest BCUT2D eigenvalue weighted by atomic mass is 10.1. The monoisotopic (exact) mass is 393 g/mol. The number of aromatic amines is 1. The van der Waals surface area contributed by atoms with E-state index in [0.29, 0.717) is 39.8 Å². The van der Waals surface area contributed by atoms with Gasteiger partial charge in [-0.25, -0.2) is 15.0 Å². The van der Waals surface area contributed by atoms with E-state index in [2.05, 4.69) is 24.9 Å². The number of oxazole rings is 1. The van der Waals surface area contributed by atoms with Gasteiger partial charge in [0.2, 0.25) is 11.8 Å². The number of rotatable bonds is 3. The Hall–Kier alpha value is -3.72. The van der Waals surface area contributed by atoms with Crippen LogP contribution in [0.5, 0.6) is 0 Å². The van der Waals surface area contributed by atoms with Gasteiger partial charge in [0.25, 0.3) is 5.91 Å². The number of aromatic nitrogens is 5. The van der Waals surface area contributed by atoms with Crippen LogP contribution in [0.15, 0.2) is 41.1 Å². The summed E-state index contributed by atoms with van der Waals surface area (Å²) in [4.78, 5) is 34.3. The summed E-state index contributed by atoms with van der Waals surface area (Å²) >= 11 is 6.29. The Morgan fingerprint density at radius 2 is 2.11 bits per heavy atom. The fraction of sp³-hybridized carbons (Fsp3) is 0.0556. The molecule has 4 aromatic rings. The van der Waals surface area contributed by atoms with E-state index in [0.717, 1.165) is 0 Å². The van der Waals surface area contributed by atoms with Crippen LogP contribution in [0.25, 0.3) is 22.7 Å². The molecule has 0 bridgehead atoms. The van der Waals surface area contributed by atoms with Crippen LogP contribution in [0.2, 0.25) is 5.15 Å². The van der Waals surface area contributed by atoms with E-state index in [9.17, 15) is 4.79 Å². The van der Waals surface area contributed by atoms with Crippen molar-refractivity contribution in [2.75, 3.05) is 10.6 Å². The van der Waals surface area contributed by atoms with E-state index in [4.69, 9.17) is 21.8 Å². The highest BCUT2D eigenvalue weighted by atomic mass is 35.5. The smallest absolute Gasteiger partial charge is 0.260 e. The number of H-pyrrole nitrogens is 1. The van der Waals surface area contributed by atoms with E-state index in [1.165, 1.54) is 4.90 Å².